The Kier molecular flexibility index (Phi) is 4.16. The Bertz CT molecular complexity index is 946. The molecule has 3 heterocycles. The third-order valence-electron chi connectivity index (χ3n) is 4.25. The molecule has 1 unspecified atom stereocenters. The molecule has 3 aromatic rings. The first-order chi connectivity index (χ1) is 12.3. The predicted molar refractivity (Wildman–Crippen MR) is 98.4 cm³/mol. The first-order valence-electron chi connectivity index (χ1n) is 8.05. The van der Waals surface area contributed by atoms with Gasteiger partial charge in [-0.05, 0) is 42.3 Å². The van der Waals surface area contributed by atoms with Crippen molar-refractivity contribution in [3.63, 3.8) is 0 Å². The summed E-state index contributed by atoms with van der Waals surface area (Å²) >= 11 is 1.85. The number of nitrogens with zero attached hydrogens (tertiary/aromatic N) is 3. The Labute approximate surface area is 150 Å². The molecule has 1 aliphatic rings. The lowest BCUT2D eigenvalue weighted by Gasteiger charge is -2.17. The summed E-state index contributed by atoms with van der Waals surface area (Å²) in [4.78, 5) is 4.44. The zero-order valence-corrected chi connectivity index (χ0v) is 14.5. The largest absolute Gasteiger partial charge is 0.353 e. The van der Waals surface area contributed by atoms with Gasteiger partial charge in [0.1, 0.15) is 5.69 Å². The molecule has 5 nitrogen and oxygen atoms in total. The van der Waals surface area contributed by atoms with E-state index in [0.29, 0.717) is 11.4 Å². The number of hydrogen-bond acceptors (Lipinski definition) is 6. The molecule has 0 aliphatic carbocycles. The van der Waals surface area contributed by atoms with Crippen molar-refractivity contribution in [1.82, 2.24) is 10.1 Å². The van der Waals surface area contributed by atoms with E-state index in [4.69, 9.17) is 9.78 Å². The first kappa shape index (κ1) is 15.7. The van der Waals surface area contributed by atoms with Crippen LogP contribution in [0.5, 0.6) is 0 Å². The quantitative estimate of drug-likeness (QED) is 0.749. The van der Waals surface area contributed by atoms with Crippen molar-refractivity contribution in [2.24, 2.45) is 0 Å². The lowest BCUT2D eigenvalue weighted by atomic mass is 9.97. The second-order valence-corrected chi connectivity index (χ2v) is 7.06. The molecule has 0 spiro atoms. The van der Waals surface area contributed by atoms with Gasteiger partial charge in [0, 0.05) is 18.5 Å². The number of anilines is 1. The molecule has 1 atom stereocenters. The van der Waals surface area contributed by atoms with E-state index >= 15 is 0 Å². The Balaban J connectivity index is 1.87. The monoisotopic (exact) mass is 348 g/mol. The molecule has 1 aliphatic heterocycles. The topological polar surface area (TPSA) is 74.7 Å². The van der Waals surface area contributed by atoms with Crippen LogP contribution in [0.2, 0.25) is 0 Å². The summed E-state index contributed by atoms with van der Waals surface area (Å²) in [7, 11) is 0. The van der Waals surface area contributed by atoms with Crippen LogP contribution in [0.25, 0.3) is 11.4 Å². The fourth-order valence-electron chi connectivity index (χ4n) is 3.06. The van der Waals surface area contributed by atoms with Gasteiger partial charge in [0.2, 0.25) is 5.88 Å². The average Bonchev–Trinajstić information content (AvgIpc) is 2.96. The Morgan fingerprint density at radius 1 is 1.32 bits per heavy atom. The lowest BCUT2D eigenvalue weighted by molar-refractivity contribution is 0.434. The molecule has 0 saturated carbocycles. The molecule has 2 aromatic heterocycles. The number of thioether (sulfide) groups is 1. The van der Waals surface area contributed by atoms with Crippen LogP contribution in [0.1, 0.15) is 27.5 Å². The summed E-state index contributed by atoms with van der Waals surface area (Å²) in [5.74, 6) is 1.66. The van der Waals surface area contributed by atoms with Gasteiger partial charge < -0.3 is 9.84 Å². The van der Waals surface area contributed by atoms with Crippen molar-refractivity contribution < 1.29 is 4.52 Å². The normalized spacial score (nSPS) is 16.4. The summed E-state index contributed by atoms with van der Waals surface area (Å²) in [6.45, 7) is 2.86. The van der Waals surface area contributed by atoms with Gasteiger partial charge in [-0.15, -0.1) is 11.8 Å². The second-order valence-electron chi connectivity index (χ2n) is 5.85. The number of pyridine rings is 1. The van der Waals surface area contributed by atoms with Gasteiger partial charge in [0.15, 0.2) is 0 Å². The number of rotatable bonds is 2. The smallest absolute Gasteiger partial charge is 0.230 e. The third kappa shape index (κ3) is 2.87. The minimum absolute atomic E-state index is 0.0843. The van der Waals surface area contributed by atoms with E-state index in [9.17, 15) is 0 Å². The van der Waals surface area contributed by atoms with Crippen LogP contribution in [-0.4, -0.2) is 22.4 Å². The van der Waals surface area contributed by atoms with E-state index in [2.05, 4.69) is 21.5 Å². The van der Waals surface area contributed by atoms with Gasteiger partial charge in [-0.2, -0.15) is 5.26 Å². The highest BCUT2D eigenvalue weighted by Crippen LogP contribution is 2.46. The molecule has 0 amide bonds. The number of aryl methyl sites for hydroxylation is 1. The Hall–Kier alpha value is -2.78. The minimum atomic E-state index is 0.0843. The van der Waals surface area contributed by atoms with Crippen molar-refractivity contribution in [2.45, 2.75) is 12.2 Å². The Morgan fingerprint density at radius 2 is 2.24 bits per heavy atom. The third-order valence-corrected chi connectivity index (χ3v) is 5.51. The standard InChI is InChI=1S/C19H16N4OS/c1-12-10-13(11-20)5-6-14(12)18-16-17(15-4-2-3-7-21-15)23-24-19(16)22-8-9-25-18/h2-7,10,18,22H,8-9H2,1H3. The van der Waals surface area contributed by atoms with Crippen molar-refractivity contribution in [3.8, 4) is 17.5 Å². The van der Waals surface area contributed by atoms with Crippen LogP contribution in [0.4, 0.5) is 5.88 Å². The molecule has 6 heteroatoms. The fourth-order valence-corrected chi connectivity index (χ4v) is 4.35. The second kappa shape index (κ2) is 6.61. The molecular formula is C19H16N4OS. The fraction of sp³-hybridized carbons (Fsp3) is 0.211. The first-order valence-corrected chi connectivity index (χ1v) is 9.10. The zero-order chi connectivity index (χ0) is 17.2. The molecule has 1 N–H and O–H groups in total. The van der Waals surface area contributed by atoms with Crippen LogP contribution < -0.4 is 5.32 Å². The van der Waals surface area contributed by atoms with Gasteiger partial charge in [0.05, 0.1) is 28.1 Å². The molecule has 0 saturated heterocycles. The van der Waals surface area contributed by atoms with Gasteiger partial charge in [-0.25, -0.2) is 0 Å². The van der Waals surface area contributed by atoms with Gasteiger partial charge in [0.25, 0.3) is 0 Å². The van der Waals surface area contributed by atoms with Gasteiger partial charge >= 0.3 is 0 Å². The summed E-state index contributed by atoms with van der Waals surface area (Å²) in [5, 5.41) is 16.8. The van der Waals surface area contributed by atoms with Gasteiger partial charge in [-0.3, -0.25) is 4.98 Å². The molecule has 0 radical (unpaired) electrons. The summed E-state index contributed by atoms with van der Waals surface area (Å²) in [6.07, 6.45) is 1.76. The highest BCUT2D eigenvalue weighted by atomic mass is 32.2. The predicted octanol–water partition coefficient (Wildman–Crippen LogP) is 4.16. The van der Waals surface area contributed by atoms with E-state index in [0.717, 1.165) is 34.8 Å². The van der Waals surface area contributed by atoms with E-state index < -0.39 is 0 Å². The number of nitrogens with one attached hydrogen (secondary N) is 1. The number of hydrogen-bond donors (Lipinski definition) is 1. The molecule has 1 aromatic carbocycles. The molecule has 124 valence electrons. The molecule has 0 fully saturated rings. The lowest BCUT2D eigenvalue weighted by Crippen LogP contribution is -2.02. The highest BCUT2D eigenvalue weighted by molar-refractivity contribution is 7.99. The SMILES string of the molecule is Cc1cc(C#N)ccc1C1SCCNc2onc(-c3ccccn3)c21. The van der Waals surface area contributed by atoms with Crippen LogP contribution in [0.3, 0.4) is 0 Å². The summed E-state index contributed by atoms with van der Waals surface area (Å²) in [5.41, 5.74) is 5.54. The maximum atomic E-state index is 9.13. The van der Waals surface area contributed by atoms with E-state index in [1.54, 1.807) is 6.20 Å². The molecule has 25 heavy (non-hydrogen) atoms. The van der Waals surface area contributed by atoms with E-state index in [-0.39, 0.29) is 5.25 Å². The van der Waals surface area contributed by atoms with Crippen LogP contribution in [0.15, 0.2) is 47.1 Å². The van der Waals surface area contributed by atoms with Crippen LogP contribution in [-0.2, 0) is 0 Å². The van der Waals surface area contributed by atoms with E-state index in [1.807, 2.05) is 55.1 Å². The summed E-state index contributed by atoms with van der Waals surface area (Å²) < 4.78 is 5.59. The average molecular weight is 348 g/mol. The van der Waals surface area contributed by atoms with Crippen LogP contribution in [0, 0.1) is 18.3 Å². The van der Waals surface area contributed by atoms with Gasteiger partial charge in [-0.1, -0.05) is 17.3 Å². The minimum Gasteiger partial charge on any atom is -0.353 e. The molecule has 0 bridgehead atoms. The number of nitriles is 1. The van der Waals surface area contributed by atoms with Crippen molar-refractivity contribution in [2.75, 3.05) is 17.6 Å². The zero-order valence-electron chi connectivity index (χ0n) is 13.7. The summed E-state index contributed by atoms with van der Waals surface area (Å²) in [6, 6.07) is 13.8. The number of aromatic nitrogens is 2. The molecular weight excluding hydrogens is 332 g/mol. The van der Waals surface area contributed by atoms with Crippen molar-refractivity contribution in [1.29, 1.82) is 5.26 Å². The molecule has 4 rings (SSSR count). The maximum Gasteiger partial charge on any atom is 0.230 e. The van der Waals surface area contributed by atoms with E-state index in [1.165, 1.54) is 5.56 Å². The van der Waals surface area contributed by atoms with Crippen LogP contribution >= 0.6 is 11.8 Å². The van der Waals surface area contributed by atoms with Crippen molar-refractivity contribution in [3.05, 3.63) is 64.8 Å². The highest BCUT2D eigenvalue weighted by Gasteiger charge is 2.30. The number of fused-ring (bicyclic) bond motifs is 1. The maximum absolute atomic E-state index is 9.13. The Morgan fingerprint density at radius 3 is 3.00 bits per heavy atom. The number of benzene rings is 1. The van der Waals surface area contributed by atoms with Crippen molar-refractivity contribution >= 4 is 17.6 Å².